The predicted octanol–water partition coefficient (Wildman–Crippen LogP) is 3.10. The van der Waals surface area contributed by atoms with Gasteiger partial charge in [0.25, 0.3) is 0 Å². The second-order valence-electron chi connectivity index (χ2n) is 4.93. The maximum atomic E-state index is 5.89. The molecule has 2 N–H and O–H groups in total. The molecule has 5 heteroatoms. The zero-order valence-corrected chi connectivity index (χ0v) is 13.0. The van der Waals surface area contributed by atoms with Crippen molar-refractivity contribution in [1.82, 2.24) is 9.97 Å². The summed E-state index contributed by atoms with van der Waals surface area (Å²) < 4.78 is 0. The molecule has 0 saturated carbocycles. The first-order valence-corrected chi connectivity index (χ1v) is 8.34. The third-order valence-electron chi connectivity index (χ3n) is 3.36. The van der Waals surface area contributed by atoms with Crippen molar-refractivity contribution < 1.29 is 0 Å². The van der Waals surface area contributed by atoms with Crippen molar-refractivity contribution in [3.63, 3.8) is 0 Å². The highest BCUT2D eigenvalue weighted by atomic mass is 32.2. The van der Waals surface area contributed by atoms with Gasteiger partial charge in [-0.05, 0) is 13.8 Å². The fraction of sp³-hybridized carbons (Fsp3) is 0.692. The molecular weight excluding hydrogens is 262 g/mol. The molecule has 2 rings (SSSR count). The van der Waals surface area contributed by atoms with Crippen LogP contribution in [0.4, 0.5) is 0 Å². The van der Waals surface area contributed by atoms with Gasteiger partial charge in [0.05, 0.1) is 5.25 Å². The predicted molar refractivity (Wildman–Crippen MR) is 81.1 cm³/mol. The summed E-state index contributed by atoms with van der Waals surface area (Å²) >= 11 is 4.01. The smallest absolute Gasteiger partial charge is 0.142 e. The van der Waals surface area contributed by atoms with E-state index in [1.807, 2.05) is 43.6 Å². The Labute approximate surface area is 118 Å². The number of aryl methyl sites for hydroxylation is 1. The second kappa shape index (κ2) is 5.80. The first-order chi connectivity index (χ1) is 8.49. The number of hydrogen-bond donors (Lipinski definition) is 1. The minimum Gasteiger partial charge on any atom is -0.324 e. The monoisotopic (exact) mass is 283 g/mol. The minimum atomic E-state index is 0.00591. The molecule has 1 saturated heterocycles. The minimum absolute atomic E-state index is 0.00591. The van der Waals surface area contributed by atoms with Crippen LogP contribution in [0.25, 0.3) is 0 Å². The van der Waals surface area contributed by atoms with Crippen LogP contribution < -0.4 is 5.73 Å². The number of rotatable bonds is 2. The van der Waals surface area contributed by atoms with Gasteiger partial charge in [-0.3, -0.25) is 0 Å². The SMILES string of the molecule is Cc1nc(C2CSC(C)C(C)S2)ncc1[C@@H](C)N. The first-order valence-electron chi connectivity index (χ1n) is 6.35. The van der Waals surface area contributed by atoms with Crippen molar-refractivity contribution in [1.29, 1.82) is 0 Å². The molecule has 0 amide bonds. The van der Waals surface area contributed by atoms with Gasteiger partial charge in [-0.1, -0.05) is 13.8 Å². The summed E-state index contributed by atoms with van der Waals surface area (Å²) in [6.07, 6.45) is 1.90. The van der Waals surface area contributed by atoms with E-state index in [1.165, 1.54) is 0 Å². The maximum absolute atomic E-state index is 5.89. The van der Waals surface area contributed by atoms with E-state index in [9.17, 15) is 0 Å². The largest absolute Gasteiger partial charge is 0.324 e. The quantitative estimate of drug-likeness (QED) is 0.904. The van der Waals surface area contributed by atoms with Crippen molar-refractivity contribution in [2.24, 2.45) is 5.73 Å². The molecule has 100 valence electrons. The molecule has 4 atom stereocenters. The summed E-state index contributed by atoms with van der Waals surface area (Å²) in [5.74, 6) is 2.07. The lowest BCUT2D eigenvalue weighted by molar-refractivity contribution is 0.769. The molecule has 0 aromatic carbocycles. The van der Waals surface area contributed by atoms with Gasteiger partial charge in [-0.2, -0.15) is 11.8 Å². The number of nitrogens with zero attached hydrogens (tertiary/aromatic N) is 2. The van der Waals surface area contributed by atoms with Crippen LogP contribution in [0.15, 0.2) is 6.20 Å². The Morgan fingerprint density at radius 1 is 1.39 bits per heavy atom. The van der Waals surface area contributed by atoms with Crippen LogP contribution in [0.1, 0.15) is 49.1 Å². The first kappa shape index (κ1) is 14.2. The molecule has 0 aliphatic carbocycles. The maximum Gasteiger partial charge on any atom is 0.142 e. The zero-order valence-electron chi connectivity index (χ0n) is 11.4. The van der Waals surface area contributed by atoms with Gasteiger partial charge in [0.15, 0.2) is 0 Å². The van der Waals surface area contributed by atoms with Crippen LogP contribution in [0, 0.1) is 6.92 Å². The molecular formula is C13H21N3S2. The highest BCUT2D eigenvalue weighted by Crippen LogP contribution is 2.43. The molecule has 3 unspecified atom stereocenters. The fourth-order valence-corrected chi connectivity index (χ4v) is 4.87. The van der Waals surface area contributed by atoms with Crippen molar-refractivity contribution in [2.75, 3.05) is 5.75 Å². The Bertz CT molecular complexity index is 423. The molecule has 1 aromatic rings. The third-order valence-corrected chi connectivity index (χ3v) is 6.75. The van der Waals surface area contributed by atoms with E-state index < -0.39 is 0 Å². The van der Waals surface area contributed by atoms with E-state index in [2.05, 4.69) is 23.8 Å². The Morgan fingerprint density at radius 2 is 2.11 bits per heavy atom. The lowest BCUT2D eigenvalue weighted by atomic mass is 10.1. The van der Waals surface area contributed by atoms with E-state index in [4.69, 9.17) is 5.73 Å². The number of aromatic nitrogens is 2. The van der Waals surface area contributed by atoms with Crippen LogP contribution in [-0.2, 0) is 0 Å². The van der Waals surface area contributed by atoms with Crippen LogP contribution in [-0.4, -0.2) is 26.2 Å². The fourth-order valence-electron chi connectivity index (χ4n) is 2.02. The molecule has 0 spiro atoms. The Hall–Kier alpha value is -0.260. The van der Waals surface area contributed by atoms with Crippen molar-refractivity contribution in [3.8, 4) is 0 Å². The van der Waals surface area contributed by atoms with Gasteiger partial charge in [-0.25, -0.2) is 9.97 Å². The lowest BCUT2D eigenvalue weighted by Gasteiger charge is -2.30. The Balaban J connectivity index is 2.17. The normalized spacial score (nSPS) is 30.2. The van der Waals surface area contributed by atoms with E-state index in [0.29, 0.717) is 10.5 Å². The van der Waals surface area contributed by atoms with E-state index >= 15 is 0 Å². The van der Waals surface area contributed by atoms with Gasteiger partial charge in [0.1, 0.15) is 5.82 Å². The van der Waals surface area contributed by atoms with Crippen LogP contribution in [0.5, 0.6) is 0 Å². The Morgan fingerprint density at radius 3 is 2.67 bits per heavy atom. The third kappa shape index (κ3) is 3.00. The summed E-state index contributed by atoms with van der Waals surface area (Å²) in [5, 5.41) is 1.79. The number of thioether (sulfide) groups is 2. The zero-order chi connectivity index (χ0) is 13.3. The number of hydrogen-bond acceptors (Lipinski definition) is 5. The molecule has 1 aliphatic rings. The summed E-state index contributed by atoms with van der Waals surface area (Å²) in [7, 11) is 0. The molecule has 1 aliphatic heterocycles. The summed E-state index contributed by atoms with van der Waals surface area (Å²) in [6.45, 7) is 8.58. The van der Waals surface area contributed by atoms with Gasteiger partial charge < -0.3 is 5.73 Å². The van der Waals surface area contributed by atoms with Gasteiger partial charge in [0.2, 0.25) is 0 Å². The van der Waals surface area contributed by atoms with Crippen LogP contribution >= 0.6 is 23.5 Å². The molecule has 3 nitrogen and oxygen atoms in total. The number of nitrogens with two attached hydrogens (primary N) is 1. The molecule has 1 fully saturated rings. The van der Waals surface area contributed by atoms with Crippen LogP contribution in [0.2, 0.25) is 0 Å². The van der Waals surface area contributed by atoms with Gasteiger partial charge >= 0.3 is 0 Å². The van der Waals surface area contributed by atoms with Crippen molar-refractivity contribution in [2.45, 2.75) is 49.5 Å². The van der Waals surface area contributed by atoms with E-state index in [1.54, 1.807) is 0 Å². The van der Waals surface area contributed by atoms with E-state index in [-0.39, 0.29) is 6.04 Å². The summed E-state index contributed by atoms with van der Waals surface area (Å²) in [6, 6.07) is 0.00591. The van der Waals surface area contributed by atoms with Gasteiger partial charge in [-0.15, -0.1) is 11.8 Å². The standard InChI is InChI=1S/C13H21N3S2/c1-7(14)11-5-15-13(16-8(11)2)12-6-17-9(3)10(4)18-12/h5,7,9-10,12H,6,14H2,1-4H3/t7-,9?,10?,12?/m1/s1. The highest BCUT2D eigenvalue weighted by molar-refractivity contribution is 8.07. The lowest BCUT2D eigenvalue weighted by Crippen LogP contribution is -2.23. The topological polar surface area (TPSA) is 51.8 Å². The Kier molecular flexibility index (Phi) is 4.56. The molecule has 1 aromatic heterocycles. The average molecular weight is 283 g/mol. The van der Waals surface area contributed by atoms with Crippen molar-refractivity contribution >= 4 is 23.5 Å². The molecule has 18 heavy (non-hydrogen) atoms. The van der Waals surface area contributed by atoms with Crippen molar-refractivity contribution in [3.05, 3.63) is 23.3 Å². The summed E-state index contributed by atoms with van der Waals surface area (Å²) in [4.78, 5) is 9.17. The van der Waals surface area contributed by atoms with Crippen LogP contribution in [0.3, 0.4) is 0 Å². The summed E-state index contributed by atoms with van der Waals surface area (Å²) in [5.41, 5.74) is 7.96. The van der Waals surface area contributed by atoms with E-state index in [0.717, 1.165) is 28.1 Å². The average Bonchev–Trinajstić information content (AvgIpc) is 2.32. The second-order valence-corrected chi connectivity index (χ2v) is 7.92. The highest BCUT2D eigenvalue weighted by Gasteiger charge is 2.28. The molecule has 0 bridgehead atoms. The molecule has 2 heterocycles. The molecule has 0 radical (unpaired) electrons. The van der Waals surface area contributed by atoms with Gasteiger partial charge in [0, 0.05) is 39.7 Å².